The predicted molar refractivity (Wildman–Crippen MR) is 54.5 cm³/mol. The zero-order chi connectivity index (χ0) is 7.82. The van der Waals surface area contributed by atoms with Crippen LogP contribution in [0, 0.1) is 0 Å². The number of allylic oxidation sites excluding steroid dienone is 5. The highest BCUT2D eigenvalue weighted by atomic mass is 79.9. The van der Waals surface area contributed by atoms with Gasteiger partial charge in [0.2, 0.25) is 0 Å². The summed E-state index contributed by atoms with van der Waals surface area (Å²) in [4.78, 5) is 0. The average molecular weight is 219 g/mol. The molecule has 0 aliphatic heterocycles. The standard InChI is InChI=1S/C8H11BrS/c1-3-5-8(9)6-4-7-10-2/h3-7H,1-2H3/b5-3-,7-4+,8-6+. The summed E-state index contributed by atoms with van der Waals surface area (Å²) < 4.78 is 1.10. The van der Waals surface area contributed by atoms with E-state index in [0.29, 0.717) is 0 Å². The van der Waals surface area contributed by atoms with Crippen LogP contribution in [0.25, 0.3) is 0 Å². The van der Waals surface area contributed by atoms with Crippen LogP contribution < -0.4 is 0 Å². The van der Waals surface area contributed by atoms with Crippen molar-refractivity contribution in [3.8, 4) is 0 Å². The molecule has 0 aromatic heterocycles. The first kappa shape index (κ1) is 10.0. The molecule has 0 aliphatic rings. The van der Waals surface area contributed by atoms with Crippen molar-refractivity contribution in [2.45, 2.75) is 6.92 Å². The zero-order valence-electron chi connectivity index (χ0n) is 6.17. The first-order valence-electron chi connectivity index (χ1n) is 2.99. The van der Waals surface area contributed by atoms with Gasteiger partial charge in [-0.2, -0.15) is 0 Å². The maximum Gasteiger partial charge on any atom is 0.0172 e. The summed E-state index contributed by atoms with van der Waals surface area (Å²) >= 11 is 5.07. The van der Waals surface area contributed by atoms with Crippen LogP contribution >= 0.6 is 27.7 Å². The van der Waals surface area contributed by atoms with Crippen molar-refractivity contribution in [2.24, 2.45) is 0 Å². The van der Waals surface area contributed by atoms with E-state index >= 15 is 0 Å². The first-order chi connectivity index (χ1) is 4.81. The molecule has 0 aliphatic carbocycles. The molecule has 56 valence electrons. The van der Waals surface area contributed by atoms with E-state index in [1.165, 1.54) is 0 Å². The van der Waals surface area contributed by atoms with E-state index in [1.54, 1.807) is 11.8 Å². The van der Waals surface area contributed by atoms with Crippen molar-refractivity contribution in [3.05, 3.63) is 34.2 Å². The summed E-state index contributed by atoms with van der Waals surface area (Å²) in [6, 6.07) is 0. The van der Waals surface area contributed by atoms with E-state index in [9.17, 15) is 0 Å². The molecule has 0 spiro atoms. The molecule has 2 heteroatoms. The van der Waals surface area contributed by atoms with Crippen LogP contribution in [0.1, 0.15) is 6.92 Å². The van der Waals surface area contributed by atoms with Crippen molar-refractivity contribution < 1.29 is 0 Å². The van der Waals surface area contributed by atoms with Gasteiger partial charge in [-0.05, 0) is 24.7 Å². The van der Waals surface area contributed by atoms with E-state index in [-0.39, 0.29) is 0 Å². The fourth-order valence-corrected chi connectivity index (χ4v) is 1.08. The van der Waals surface area contributed by atoms with E-state index in [4.69, 9.17) is 0 Å². The topological polar surface area (TPSA) is 0 Å². The number of hydrogen-bond acceptors (Lipinski definition) is 1. The molecular weight excluding hydrogens is 208 g/mol. The fraction of sp³-hybridized carbons (Fsp3) is 0.250. The monoisotopic (exact) mass is 218 g/mol. The Labute approximate surface area is 75.2 Å². The summed E-state index contributed by atoms with van der Waals surface area (Å²) in [5.41, 5.74) is 0. The van der Waals surface area contributed by atoms with Crippen LogP contribution in [-0.4, -0.2) is 6.26 Å². The minimum absolute atomic E-state index is 1.10. The highest BCUT2D eigenvalue weighted by molar-refractivity contribution is 9.11. The minimum Gasteiger partial charge on any atom is -0.138 e. The van der Waals surface area contributed by atoms with Crippen LogP contribution in [-0.2, 0) is 0 Å². The van der Waals surface area contributed by atoms with Gasteiger partial charge in [0.1, 0.15) is 0 Å². The van der Waals surface area contributed by atoms with Gasteiger partial charge in [0.05, 0.1) is 0 Å². The molecule has 0 saturated carbocycles. The van der Waals surface area contributed by atoms with Gasteiger partial charge in [-0.3, -0.25) is 0 Å². The molecule has 0 fully saturated rings. The lowest BCUT2D eigenvalue weighted by atomic mass is 10.4. The van der Waals surface area contributed by atoms with Gasteiger partial charge < -0.3 is 0 Å². The lowest BCUT2D eigenvalue weighted by Gasteiger charge is -1.82. The van der Waals surface area contributed by atoms with Crippen LogP contribution in [0.15, 0.2) is 34.2 Å². The van der Waals surface area contributed by atoms with Gasteiger partial charge in [0.25, 0.3) is 0 Å². The first-order valence-corrected chi connectivity index (χ1v) is 5.07. The second kappa shape index (κ2) is 7.16. The molecule has 0 nitrogen and oxygen atoms in total. The second-order valence-corrected chi connectivity index (χ2v) is 3.28. The Bertz CT molecular complexity index is 157. The second-order valence-electron chi connectivity index (χ2n) is 1.62. The Morgan fingerprint density at radius 1 is 1.50 bits per heavy atom. The van der Waals surface area contributed by atoms with Crippen molar-refractivity contribution in [2.75, 3.05) is 6.26 Å². The van der Waals surface area contributed by atoms with E-state index < -0.39 is 0 Å². The highest BCUT2D eigenvalue weighted by Gasteiger charge is 1.76. The quantitative estimate of drug-likeness (QED) is 0.652. The van der Waals surface area contributed by atoms with Gasteiger partial charge in [0.15, 0.2) is 0 Å². The Kier molecular flexibility index (Phi) is 7.20. The van der Waals surface area contributed by atoms with Gasteiger partial charge in [0, 0.05) is 4.48 Å². The summed E-state index contributed by atoms with van der Waals surface area (Å²) in [7, 11) is 0. The molecule has 0 radical (unpaired) electrons. The molecule has 0 rings (SSSR count). The smallest absolute Gasteiger partial charge is 0.0172 e. The Morgan fingerprint density at radius 3 is 2.70 bits per heavy atom. The Balaban J connectivity index is 3.79. The van der Waals surface area contributed by atoms with Crippen LogP contribution in [0.5, 0.6) is 0 Å². The van der Waals surface area contributed by atoms with E-state index in [0.717, 1.165) is 4.48 Å². The maximum atomic E-state index is 3.38. The Morgan fingerprint density at radius 2 is 2.20 bits per heavy atom. The van der Waals surface area contributed by atoms with Gasteiger partial charge in [-0.15, -0.1) is 11.8 Å². The van der Waals surface area contributed by atoms with Crippen molar-refractivity contribution in [3.63, 3.8) is 0 Å². The normalized spacial score (nSPS) is 13.7. The molecule has 0 heterocycles. The lowest BCUT2D eigenvalue weighted by Crippen LogP contribution is -1.57. The molecule has 0 bridgehead atoms. The SMILES string of the molecule is C\C=C/C(Br)=C\C=C\SC. The third-order valence-electron chi connectivity index (χ3n) is 0.796. The van der Waals surface area contributed by atoms with Crippen molar-refractivity contribution >= 4 is 27.7 Å². The van der Waals surface area contributed by atoms with E-state index in [2.05, 4.69) is 15.9 Å². The number of halogens is 1. The lowest BCUT2D eigenvalue weighted by molar-refractivity contribution is 1.72. The highest BCUT2D eigenvalue weighted by Crippen LogP contribution is 2.06. The molecule has 0 unspecified atom stereocenters. The number of hydrogen-bond donors (Lipinski definition) is 0. The van der Waals surface area contributed by atoms with Crippen LogP contribution in [0.3, 0.4) is 0 Å². The molecule has 10 heavy (non-hydrogen) atoms. The third kappa shape index (κ3) is 6.17. The van der Waals surface area contributed by atoms with E-state index in [1.807, 2.05) is 42.9 Å². The van der Waals surface area contributed by atoms with Crippen LogP contribution in [0.4, 0.5) is 0 Å². The molecule has 0 atom stereocenters. The largest absolute Gasteiger partial charge is 0.138 e. The van der Waals surface area contributed by atoms with Crippen LogP contribution in [0.2, 0.25) is 0 Å². The zero-order valence-corrected chi connectivity index (χ0v) is 8.58. The molecule has 0 saturated heterocycles. The number of rotatable bonds is 3. The molecule has 0 amide bonds. The Hall–Kier alpha value is 0.0500. The predicted octanol–water partition coefficient (Wildman–Crippen LogP) is 3.72. The van der Waals surface area contributed by atoms with Crippen molar-refractivity contribution in [1.82, 2.24) is 0 Å². The fourth-order valence-electron chi connectivity index (χ4n) is 0.425. The molecule has 0 aromatic carbocycles. The minimum atomic E-state index is 1.10. The molecular formula is C8H11BrS. The summed E-state index contributed by atoms with van der Waals surface area (Å²) in [6.45, 7) is 1.99. The summed E-state index contributed by atoms with van der Waals surface area (Å²) in [6.07, 6.45) is 10.1. The maximum absolute atomic E-state index is 3.38. The molecule has 0 aromatic rings. The number of thioether (sulfide) groups is 1. The van der Waals surface area contributed by atoms with Gasteiger partial charge in [-0.25, -0.2) is 0 Å². The third-order valence-corrected chi connectivity index (χ3v) is 1.75. The van der Waals surface area contributed by atoms with Gasteiger partial charge in [-0.1, -0.05) is 34.2 Å². The molecule has 0 N–H and O–H groups in total. The summed E-state index contributed by atoms with van der Waals surface area (Å²) in [5.74, 6) is 0. The average Bonchev–Trinajstić information content (AvgIpc) is 1.89. The van der Waals surface area contributed by atoms with Crippen molar-refractivity contribution in [1.29, 1.82) is 0 Å². The van der Waals surface area contributed by atoms with Gasteiger partial charge >= 0.3 is 0 Å². The summed E-state index contributed by atoms with van der Waals surface area (Å²) in [5, 5.41) is 2.03.